The fraction of sp³-hybridized carbons (Fsp3) is 0.763. The molecular formula is C38H63N5O8. The Morgan fingerprint density at radius 3 is 2.12 bits per heavy atom. The Morgan fingerprint density at radius 1 is 0.961 bits per heavy atom. The number of carbonyl (C=O) groups is 7. The van der Waals surface area contributed by atoms with Crippen LogP contribution in [0.3, 0.4) is 0 Å². The highest BCUT2D eigenvalue weighted by Gasteiger charge is 2.44. The van der Waals surface area contributed by atoms with Crippen LogP contribution in [0.2, 0.25) is 0 Å². The van der Waals surface area contributed by atoms with Gasteiger partial charge >= 0.3 is 5.97 Å². The Balaban J connectivity index is 2.32. The van der Waals surface area contributed by atoms with Crippen LogP contribution < -0.4 is 10.6 Å². The first kappa shape index (κ1) is 43.4. The van der Waals surface area contributed by atoms with E-state index in [4.69, 9.17) is 4.74 Å². The molecule has 6 amide bonds. The maximum absolute atomic E-state index is 14.0. The molecule has 51 heavy (non-hydrogen) atoms. The van der Waals surface area contributed by atoms with Crippen molar-refractivity contribution in [3.05, 3.63) is 12.2 Å². The number of esters is 1. The predicted molar refractivity (Wildman–Crippen MR) is 194 cm³/mol. The van der Waals surface area contributed by atoms with Gasteiger partial charge in [-0.05, 0) is 57.3 Å². The molecule has 1 saturated heterocycles. The van der Waals surface area contributed by atoms with Gasteiger partial charge in [-0.3, -0.25) is 38.5 Å². The largest absolute Gasteiger partial charge is 0.460 e. The zero-order valence-corrected chi connectivity index (χ0v) is 32.7. The molecule has 2 aliphatic heterocycles. The van der Waals surface area contributed by atoms with E-state index in [0.29, 0.717) is 31.6 Å². The molecule has 1 fully saturated rings. The molecule has 0 aromatic rings. The molecule has 0 aromatic carbocycles. The van der Waals surface area contributed by atoms with Gasteiger partial charge in [0.1, 0.15) is 30.3 Å². The molecule has 0 aromatic heterocycles. The summed E-state index contributed by atoms with van der Waals surface area (Å²) in [5.74, 6) is -3.93. The summed E-state index contributed by atoms with van der Waals surface area (Å²) in [5, 5.41) is 5.51. The number of ether oxygens (including phenoxy) is 1. The first-order valence-corrected chi connectivity index (χ1v) is 18.7. The maximum atomic E-state index is 14.0. The number of hydrogen-bond donors (Lipinski definition) is 2. The average molecular weight is 718 g/mol. The van der Waals surface area contributed by atoms with Gasteiger partial charge < -0.3 is 25.2 Å². The SMILES string of the molecule is CCCC[C@@H](C)C[C@@H](C)C(=O)N(C)[C@@H](CC(C)C)C(=O)N[C@H](C(=O)N[C@H](C(=O)N1CCC[C@H]1C(=O)N1C(=O)C=C[C@@H]1C)C(C)C)[C@@H](C)OC(C)=O. The van der Waals surface area contributed by atoms with E-state index in [1.54, 1.807) is 33.9 Å². The van der Waals surface area contributed by atoms with Crippen molar-refractivity contribution in [2.75, 3.05) is 13.6 Å². The normalized spacial score (nSPS) is 20.8. The van der Waals surface area contributed by atoms with Gasteiger partial charge in [-0.2, -0.15) is 0 Å². The lowest BCUT2D eigenvalue weighted by molar-refractivity contribution is -0.152. The summed E-state index contributed by atoms with van der Waals surface area (Å²) in [6.07, 6.45) is 6.96. The quantitative estimate of drug-likeness (QED) is 0.161. The second-order valence-electron chi connectivity index (χ2n) is 15.3. The highest BCUT2D eigenvalue weighted by atomic mass is 16.5. The van der Waals surface area contributed by atoms with Gasteiger partial charge in [0, 0.05) is 32.5 Å². The number of hydrogen-bond acceptors (Lipinski definition) is 8. The minimum Gasteiger partial charge on any atom is -0.460 e. The molecule has 2 aliphatic rings. The van der Waals surface area contributed by atoms with Crippen LogP contribution >= 0.6 is 0 Å². The van der Waals surface area contributed by atoms with E-state index in [-0.39, 0.29) is 24.3 Å². The Morgan fingerprint density at radius 2 is 1.59 bits per heavy atom. The summed E-state index contributed by atoms with van der Waals surface area (Å²) >= 11 is 0. The molecule has 13 nitrogen and oxygen atoms in total. The number of imide groups is 1. The second-order valence-corrected chi connectivity index (χ2v) is 15.3. The third-order valence-corrected chi connectivity index (χ3v) is 9.89. The summed E-state index contributed by atoms with van der Waals surface area (Å²) in [7, 11) is 1.60. The summed E-state index contributed by atoms with van der Waals surface area (Å²) in [4.78, 5) is 97.5. The minimum absolute atomic E-state index is 0.0293. The molecule has 8 atom stereocenters. The number of carbonyl (C=O) groups excluding carboxylic acids is 7. The average Bonchev–Trinajstić information content (AvgIpc) is 3.68. The van der Waals surface area contributed by atoms with Crippen molar-refractivity contribution in [1.29, 1.82) is 0 Å². The summed E-state index contributed by atoms with van der Waals surface area (Å²) in [6, 6.07) is -4.69. The Hall–Kier alpha value is -3.77. The van der Waals surface area contributed by atoms with Crippen molar-refractivity contribution >= 4 is 41.4 Å². The summed E-state index contributed by atoms with van der Waals surface area (Å²) in [5.41, 5.74) is 0. The Labute approximate surface area is 304 Å². The van der Waals surface area contributed by atoms with Crippen molar-refractivity contribution in [2.24, 2.45) is 23.7 Å². The minimum atomic E-state index is -1.40. The molecule has 0 aliphatic carbocycles. The van der Waals surface area contributed by atoms with E-state index in [9.17, 15) is 33.6 Å². The third kappa shape index (κ3) is 11.9. The lowest BCUT2D eigenvalue weighted by Crippen LogP contribution is -2.62. The van der Waals surface area contributed by atoms with Crippen molar-refractivity contribution in [3.63, 3.8) is 0 Å². The van der Waals surface area contributed by atoms with Crippen LogP contribution in [0, 0.1) is 23.7 Å². The lowest BCUT2D eigenvalue weighted by Gasteiger charge is -2.35. The fourth-order valence-electron chi connectivity index (χ4n) is 7.02. The standard InChI is InChI=1S/C38H63N5O8/c1-12-13-15-24(6)21-25(7)36(48)41(11)30(20-22(2)3)34(46)40-33(27(9)51-28(10)44)35(47)39-32(23(4)5)38(50)42-19-14-16-29(42)37(49)43-26(8)17-18-31(43)45/h17-18,22-27,29-30,32-33H,12-16,19-21H2,1-11H3,(H,39,47)(H,40,46)/t24-,25-,26+,27-,29+,30+,32+,33+/m1/s1. The second kappa shape index (κ2) is 19.7. The van der Waals surface area contributed by atoms with E-state index in [2.05, 4.69) is 24.5 Å². The molecule has 288 valence electrons. The van der Waals surface area contributed by atoms with Crippen LogP contribution in [-0.4, -0.2) is 106 Å². The van der Waals surface area contributed by atoms with E-state index in [1.165, 1.54) is 29.7 Å². The van der Waals surface area contributed by atoms with Crippen LogP contribution in [0.1, 0.15) is 114 Å². The first-order chi connectivity index (χ1) is 23.8. The van der Waals surface area contributed by atoms with Crippen molar-refractivity contribution in [3.8, 4) is 0 Å². The topological polar surface area (TPSA) is 162 Å². The van der Waals surface area contributed by atoms with Crippen molar-refractivity contribution in [2.45, 2.75) is 150 Å². The van der Waals surface area contributed by atoms with E-state index < -0.39 is 77.7 Å². The maximum Gasteiger partial charge on any atom is 0.302 e. The molecule has 2 N–H and O–H groups in total. The number of amides is 6. The zero-order valence-electron chi connectivity index (χ0n) is 32.7. The molecule has 0 radical (unpaired) electrons. The molecular weight excluding hydrogens is 654 g/mol. The number of rotatable bonds is 18. The van der Waals surface area contributed by atoms with Gasteiger partial charge in [0.2, 0.25) is 23.6 Å². The Kier molecular flexibility index (Phi) is 16.8. The Bertz CT molecular complexity index is 1300. The molecule has 0 bridgehead atoms. The van der Waals surface area contributed by atoms with E-state index in [0.717, 1.165) is 24.2 Å². The molecule has 0 spiro atoms. The number of unbranched alkanes of at least 4 members (excludes halogenated alkanes) is 1. The number of nitrogens with one attached hydrogen (secondary N) is 2. The molecule has 0 saturated carbocycles. The highest BCUT2D eigenvalue weighted by Crippen LogP contribution is 2.25. The van der Waals surface area contributed by atoms with Gasteiger partial charge in [0.05, 0.1) is 6.04 Å². The van der Waals surface area contributed by atoms with Crippen LogP contribution in [0.4, 0.5) is 0 Å². The smallest absolute Gasteiger partial charge is 0.302 e. The van der Waals surface area contributed by atoms with Crippen molar-refractivity contribution < 1.29 is 38.3 Å². The van der Waals surface area contributed by atoms with Gasteiger partial charge in [0.25, 0.3) is 11.8 Å². The van der Waals surface area contributed by atoms with Crippen LogP contribution in [0.5, 0.6) is 0 Å². The highest BCUT2D eigenvalue weighted by molar-refractivity contribution is 6.06. The molecule has 2 rings (SSSR count). The van der Waals surface area contributed by atoms with E-state index >= 15 is 0 Å². The molecule has 2 heterocycles. The van der Waals surface area contributed by atoms with Gasteiger partial charge in [0.15, 0.2) is 0 Å². The number of likely N-dealkylation sites (tertiary alicyclic amines) is 1. The monoisotopic (exact) mass is 717 g/mol. The summed E-state index contributed by atoms with van der Waals surface area (Å²) in [6.45, 7) is 18.2. The van der Waals surface area contributed by atoms with Crippen LogP contribution in [-0.2, 0) is 38.3 Å². The zero-order chi connectivity index (χ0) is 38.7. The number of likely N-dealkylation sites (N-methyl/N-ethyl adjacent to an activating group) is 1. The lowest BCUT2D eigenvalue weighted by atomic mass is 9.91. The van der Waals surface area contributed by atoms with Gasteiger partial charge in [-0.15, -0.1) is 0 Å². The summed E-state index contributed by atoms with van der Waals surface area (Å²) < 4.78 is 5.37. The van der Waals surface area contributed by atoms with E-state index in [1.807, 2.05) is 20.8 Å². The van der Waals surface area contributed by atoms with Crippen LogP contribution in [0.15, 0.2) is 12.2 Å². The van der Waals surface area contributed by atoms with Gasteiger partial charge in [-0.25, -0.2) is 0 Å². The number of nitrogens with zero attached hydrogens (tertiary/aromatic N) is 3. The predicted octanol–water partition coefficient (Wildman–Crippen LogP) is 3.59. The van der Waals surface area contributed by atoms with Gasteiger partial charge in [-0.1, -0.05) is 73.8 Å². The third-order valence-electron chi connectivity index (χ3n) is 9.89. The first-order valence-electron chi connectivity index (χ1n) is 18.7. The fourth-order valence-corrected chi connectivity index (χ4v) is 7.02. The van der Waals surface area contributed by atoms with Crippen LogP contribution in [0.25, 0.3) is 0 Å². The van der Waals surface area contributed by atoms with Crippen molar-refractivity contribution in [1.82, 2.24) is 25.3 Å². The molecule has 0 unspecified atom stereocenters. The molecule has 13 heteroatoms.